The number of amides is 2. The zero-order valence-corrected chi connectivity index (χ0v) is 20.9. The summed E-state index contributed by atoms with van der Waals surface area (Å²) in [5.74, 6) is 0.656. The maximum atomic E-state index is 13.0. The topological polar surface area (TPSA) is 79.9 Å². The van der Waals surface area contributed by atoms with Gasteiger partial charge >= 0.3 is 6.09 Å². The van der Waals surface area contributed by atoms with Gasteiger partial charge in [0, 0.05) is 20.6 Å². The Hall–Kier alpha value is -1.28. The fraction of sp³-hybridized carbons (Fsp3) is 0.368. The van der Waals surface area contributed by atoms with E-state index < -0.39 is 0 Å². The van der Waals surface area contributed by atoms with Gasteiger partial charge in [-0.05, 0) is 76.2 Å². The van der Waals surface area contributed by atoms with Gasteiger partial charge in [0.2, 0.25) is 0 Å². The number of fused-ring (bicyclic) bond motifs is 3. The second kappa shape index (κ2) is 8.46. The van der Waals surface area contributed by atoms with Crippen LogP contribution in [0.15, 0.2) is 12.1 Å². The molecule has 0 saturated carbocycles. The lowest BCUT2D eigenvalue weighted by atomic mass is 10.0. The largest absolute Gasteiger partial charge is 0.495 e. The van der Waals surface area contributed by atoms with Crippen LogP contribution in [0, 0.1) is 7.14 Å². The van der Waals surface area contributed by atoms with Crippen LogP contribution < -0.4 is 15.4 Å². The molecule has 1 atom stereocenters. The smallest absolute Gasteiger partial charge is 0.410 e. The molecule has 1 aromatic heterocycles. The van der Waals surface area contributed by atoms with E-state index in [0.717, 1.165) is 33.9 Å². The summed E-state index contributed by atoms with van der Waals surface area (Å²) in [5, 5.41) is 7.38. The number of halogens is 2. The molecule has 2 aliphatic rings. The predicted molar refractivity (Wildman–Crippen MR) is 128 cm³/mol. The minimum Gasteiger partial charge on any atom is -0.495 e. The molecule has 154 valence electrons. The minimum atomic E-state index is -0.380. The molecular formula is C19H19I2N3O4S. The van der Waals surface area contributed by atoms with Gasteiger partial charge in [-0.2, -0.15) is 0 Å². The first kappa shape index (κ1) is 21.0. The molecule has 0 saturated heterocycles. The van der Waals surface area contributed by atoms with Crippen LogP contribution in [-0.2, 0) is 17.7 Å². The van der Waals surface area contributed by atoms with Crippen LogP contribution in [0.1, 0.15) is 39.5 Å². The molecule has 29 heavy (non-hydrogen) atoms. The van der Waals surface area contributed by atoms with Gasteiger partial charge in [-0.3, -0.25) is 4.79 Å². The van der Waals surface area contributed by atoms with Gasteiger partial charge < -0.3 is 25.0 Å². The Bertz CT molecular complexity index is 994. The summed E-state index contributed by atoms with van der Waals surface area (Å²) in [5.41, 5.74) is 2.62. The number of ether oxygens (including phenoxy) is 2. The van der Waals surface area contributed by atoms with Crippen molar-refractivity contribution in [2.75, 3.05) is 25.6 Å². The quantitative estimate of drug-likeness (QED) is 0.490. The van der Waals surface area contributed by atoms with E-state index in [2.05, 4.69) is 55.8 Å². The molecule has 0 bridgehead atoms. The zero-order chi connectivity index (χ0) is 20.7. The van der Waals surface area contributed by atoms with Gasteiger partial charge in [0.05, 0.1) is 29.4 Å². The fourth-order valence-electron chi connectivity index (χ4n) is 3.65. The number of hydrogen-bond donors (Lipinski definition) is 2. The van der Waals surface area contributed by atoms with Gasteiger partial charge in [0.1, 0.15) is 16.9 Å². The number of anilines is 1. The first-order chi connectivity index (χ1) is 13.9. The summed E-state index contributed by atoms with van der Waals surface area (Å²) < 4.78 is 12.8. The van der Waals surface area contributed by atoms with E-state index in [1.807, 2.05) is 12.1 Å². The first-order valence-corrected chi connectivity index (χ1v) is 12.1. The summed E-state index contributed by atoms with van der Waals surface area (Å²) in [6.07, 6.45) is -0.0445. The molecule has 1 aromatic carbocycles. The van der Waals surface area contributed by atoms with Crippen molar-refractivity contribution < 1.29 is 19.1 Å². The highest BCUT2D eigenvalue weighted by atomic mass is 127. The lowest BCUT2D eigenvalue weighted by molar-refractivity contribution is 0.0933. The number of nitrogens with one attached hydrogen (secondary N) is 2. The monoisotopic (exact) mass is 639 g/mol. The Balaban J connectivity index is 1.65. The van der Waals surface area contributed by atoms with E-state index >= 15 is 0 Å². The van der Waals surface area contributed by atoms with Crippen molar-refractivity contribution in [2.24, 2.45) is 0 Å². The fourth-order valence-corrected chi connectivity index (χ4v) is 7.05. The molecule has 10 heteroatoms. The molecule has 7 nitrogen and oxygen atoms in total. The number of benzene rings is 1. The molecule has 2 N–H and O–H groups in total. The van der Waals surface area contributed by atoms with Crippen molar-refractivity contribution in [3.05, 3.63) is 40.8 Å². The Morgan fingerprint density at radius 3 is 2.86 bits per heavy atom. The number of methoxy groups -OCH3 is 1. The van der Waals surface area contributed by atoms with E-state index in [9.17, 15) is 9.59 Å². The van der Waals surface area contributed by atoms with E-state index in [-0.39, 0.29) is 18.2 Å². The third-order valence-corrected chi connectivity index (χ3v) is 7.49. The first-order valence-electron chi connectivity index (χ1n) is 9.09. The van der Waals surface area contributed by atoms with Crippen molar-refractivity contribution in [1.29, 1.82) is 0 Å². The second-order valence-electron chi connectivity index (χ2n) is 6.64. The van der Waals surface area contributed by atoms with Crippen LogP contribution in [0.25, 0.3) is 0 Å². The summed E-state index contributed by atoms with van der Waals surface area (Å²) in [7, 11) is 1.64. The van der Waals surface area contributed by atoms with Gasteiger partial charge in [-0.25, -0.2) is 4.79 Å². The summed E-state index contributed by atoms with van der Waals surface area (Å²) in [4.78, 5) is 27.8. The molecular weight excluding hydrogens is 620 g/mol. The van der Waals surface area contributed by atoms with Crippen molar-refractivity contribution in [3.63, 3.8) is 0 Å². The molecule has 0 unspecified atom stereocenters. The van der Waals surface area contributed by atoms with Gasteiger partial charge in [0.25, 0.3) is 5.91 Å². The number of thiophene rings is 1. The number of carbonyl (C=O) groups excluding carboxylic acids is 2. The lowest BCUT2D eigenvalue weighted by Crippen LogP contribution is -2.39. The van der Waals surface area contributed by atoms with Crippen LogP contribution in [0.4, 0.5) is 9.80 Å². The minimum absolute atomic E-state index is 0.0956. The van der Waals surface area contributed by atoms with Crippen LogP contribution >= 0.6 is 56.5 Å². The van der Waals surface area contributed by atoms with Crippen molar-refractivity contribution in [2.45, 2.75) is 26.1 Å². The molecule has 2 aliphatic heterocycles. The summed E-state index contributed by atoms with van der Waals surface area (Å²) in [6, 6.07) is 4.05. The standard InChI is InChI=1S/C19H19I2N3O4S/c1-3-28-19(26)24-5-4-10-13(8-24)29-18-14(10)17(25)22-16(23-18)11-6-9(20)7-12(21)15(11)27-2/h6-7,16,23H,3-5,8H2,1-2H3,(H,22,25)/t16-/m0/s1. The normalized spacial score (nSPS) is 17.7. The molecule has 0 spiro atoms. The van der Waals surface area contributed by atoms with Crippen molar-refractivity contribution in [3.8, 4) is 5.75 Å². The molecule has 0 aliphatic carbocycles. The van der Waals surface area contributed by atoms with Crippen LogP contribution in [0.5, 0.6) is 5.75 Å². The van der Waals surface area contributed by atoms with Crippen LogP contribution in [0.3, 0.4) is 0 Å². The average Bonchev–Trinajstić information content (AvgIpc) is 3.05. The highest BCUT2D eigenvalue weighted by molar-refractivity contribution is 14.1. The number of rotatable bonds is 3. The van der Waals surface area contributed by atoms with E-state index in [1.165, 1.54) is 11.3 Å². The van der Waals surface area contributed by atoms with E-state index in [4.69, 9.17) is 9.47 Å². The third-order valence-electron chi connectivity index (χ3n) is 4.91. The summed E-state index contributed by atoms with van der Waals surface area (Å²) >= 11 is 6.04. The summed E-state index contributed by atoms with van der Waals surface area (Å²) in [6.45, 7) is 3.17. The van der Waals surface area contributed by atoms with E-state index in [0.29, 0.717) is 31.7 Å². The second-order valence-corrected chi connectivity index (χ2v) is 10.2. The maximum absolute atomic E-state index is 13.0. The Labute approximate surface area is 199 Å². The molecule has 4 rings (SSSR count). The zero-order valence-electron chi connectivity index (χ0n) is 15.8. The van der Waals surface area contributed by atoms with Gasteiger partial charge in [-0.15, -0.1) is 11.3 Å². The predicted octanol–water partition coefficient (Wildman–Crippen LogP) is 4.33. The lowest BCUT2D eigenvalue weighted by Gasteiger charge is -2.29. The number of hydrogen-bond acceptors (Lipinski definition) is 6. The highest BCUT2D eigenvalue weighted by Crippen LogP contribution is 2.42. The number of carbonyl (C=O) groups is 2. The van der Waals surface area contributed by atoms with E-state index in [1.54, 1.807) is 18.9 Å². The van der Waals surface area contributed by atoms with Gasteiger partial charge in [0.15, 0.2) is 0 Å². The SMILES string of the molecule is CCOC(=O)N1CCc2c(sc3c2C(=O)N[C@H](c2cc(I)cc(I)c2OC)N3)C1. The van der Waals surface area contributed by atoms with Crippen molar-refractivity contribution >= 4 is 73.5 Å². The molecule has 2 aromatic rings. The molecule has 3 heterocycles. The molecule has 0 radical (unpaired) electrons. The molecule has 2 amide bonds. The van der Waals surface area contributed by atoms with Gasteiger partial charge in [-0.1, -0.05) is 0 Å². The average molecular weight is 639 g/mol. The number of nitrogens with zero attached hydrogens (tertiary/aromatic N) is 1. The third kappa shape index (κ3) is 3.90. The van der Waals surface area contributed by atoms with Crippen molar-refractivity contribution in [1.82, 2.24) is 10.2 Å². The highest BCUT2D eigenvalue weighted by Gasteiger charge is 2.35. The Morgan fingerprint density at radius 2 is 2.14 bits per heavy atom. The van der Waals surface area contributed by atoms with Crippen LogP contribution in [-0.4, -0.2) is 37.2 Å². The maximum Gasteiger partial charge on any atom is 0.410 e. The van der Waals surface area contributed by atoms with Crippen LogP contribution in [0.2, 0.25) is 0 Å². The Morgan fingerprint density at radius 1 is 1.34 bits per heavy atom. The molecule has 0 fully saturated rings. The Kier molecular flexibility index (Phi) is 6.11.